The van der Waals surface area contributed by atoms with Crippen LogP contribution in [0.4, 0.5) is 0 Å². The Morgan fingerprint density at radius 3 is 2.93 bits per heavy atom. The molecular formula is C13H16O2. The fourth-order valence-electron chi connectivity index (χ4n) is 3.65. The summed E-state index contributed by atoms with van der Waals surface area (Å²) in [5.41, 5.74) is 3.12. The van der Waals surface area contributed by atoms with Gasteiger partial charge >= 0.3 is 5.97 Å². The van der Waals surface area contributed by atoms with Crippen molar-refractivity contribution in [3.05, 3.63) is 23.8 Å². The Bertz CT molecular complexity index is 354. The Balaban J connectivity index is 1.80. The second-order valence-electron chi connectivity index (χ2n) is 4.86. The summed E-state index contributed by atoms with van der Waals surface area (Å²) in [5, 5.41) is 0. The van der Waals surface area contributed by atoms with E-state index in [4.69, 9.17) is 4.74 Å². The van der Waals surface area contributed by atoms with Crippen LogP contribution in [0.2, 0.25) is 0 Å². The van der Waals surface area contributed by atoms with Gasteiger partial charge in [0, 0.05) is 6.08 Å². The van der Waals surface area contributed by atoms with E-state index in [0.717, 1.165) is 24.7 Å². The molecule has 0 aliphatic heterocycles. The molecule has 0 aromatic heterocycles. The second kappa shape index (κ2) is 3.22. The van der Waals surface area contributed by atoms with Gasteiger partial charge in [-0.2, -0.15) is 0 Å². The van der Waals surface area contributed by atoms with Gasteiger partial charge in [-0.1, -0.05) is 12.2 Å². The summed E-state index contributed by atoms with van der Waals surface area (Å²) in [7, 11) is 0. The molecule has 3 unspecified atom stereocenters. The zero-order chi connectivity index (χ0) is 10.4. The van der Waals surface area contributed by atoms with E-state index in [9.17, 15) is 4.79 Å². The molecule has 0 amide bonds. The van der Waals surface area contributed by atoms with Crippen LogP contribution < -0.4 is 0 Å². The molecule has 2 heteroatoms. The van der Waals surface area contributed by atoms with Crippen molar-refractivity contribution in [1.29, 1.82) is 0 Å². The molecule has 3 aliphatic carbocycles. The van der Waals surface area contributed by atoms with Crippen LogP contribution in [0.1, 0.15) is 32.1 Å². The summed E-state index contributed by atoms with van der Waals surface area (Å²) < 4.78 is 5.41. The van der Waals surface area contributed by atoms with Crippen LogP contribution in [0.3, 0.4) is 0 Å². The summed E-state index contributed by atoms with van der Waals surface area (Å²) >= 11 is 0. The Kier molecular flexibility index (Phi) is 1.98. The number of allylic oxidation sites excluding steroid dienone is 1. The molecule has 3 atom stereocenters. The van der Waals surface area contributed by atoms with Gasteiger partial charge in [0.25, 0.3) is 0 Å². The monoisotopic (exact) mass is 204 g/mol. The molecule has 0 N–H and O–H groups in total. The van der Waals surface area contributed by atoms with Crippen molar-refractivity contribution in [2.45, 2.75) is 38.2 Å². The highest BCUT2D eigenvalue weighted by Crippen LogP contribution is 2.55. The maximum atomic E-state index is 11.2. The van der Waals surface area contributed by atoms with E-state index >= 15 is 0 Å². The van der Waals surface area contributed by atoms with Crippen molar-refractivity contribution in [3.63, 3.8) is 0 Å². The number of hydrogen-bond acceptors (Lipinski definition) is 2. The van der Waals surface area contributed by atoms with Crippen LogP contribution in [0.5, 0.6) is 0 Å². The highest BCUT2D eigenvalue weighted by atomic mass is 16.5. The van der Waals surface area contributed by atoms with E-state index in [1.54, 1.807) is 5.57 Å². The molecule has 0 heterocycles. The van der Waals surface area contributed by atoms with E-state index in [-0.39, 0.29) is 12.1 Å². The summed E-state index contributed by atoms with van der Waals surface area (Å²) in [5.74, 6) is 1.30. The summed E-state index contributed by atoms with van der Waals surface area (Å²) in [6, 6.07) is 0. The van der Waals surface area contributed by atoms with Crippen molar-refractivity contribution in [3.8, 4) is 0 Å². The zero-order valence-corrected chi connectivity index (χ0v) is 8.87. The lowest BCUT2D eigenvalue weighted by Gasteiger charge is -2.19. The average Bonchev–Trinajstić information content (AvgIpc) is 2.89. The van der Waals surface area contributed by atoms with E-state index in [0.29, 0.717) is 0 Å². The topological polar surface area (TPSA) is 26.3 Å². The minimum atomic E-state index is -0.267. The fraction of sp³-hybridized carbons (Fsp3) is 0.615. The van der Waals surface area contributed by atoms with Crippen molar-refractivity contribution < 1.29 is 9.53 Å². The molecule has 2 bridgehead atoms. The first-order valence-corrected chi connectivity index (χ1v) is 5.85. The molecule has 0 spiro atoms. The lowest BCUT2D eigenvalue weighted by atomic mass is 9.93. The van der Waals surface area contributed by atoms with Gasteiger partial charge in [0.1, 0.15) is 6.10 Å². The first-order valence-electron chi connectivity index (χ1n) is 5.85. The number of rotatable bonds is 2. The maximum Gasteiger partial charge on any atom is 0.330 e. The highest BCUT2D eigenvalue weighted by Gasteiger charge is 2.45. The fourth-order valence-corrected chi connectivity index (χ4v) is 3.65. The normalized spacial score (nSPS) is 36.9. The lowest BCUT2D eigenvalue weighted by molar-refractivity contribution is -0.141. The van der Waals surface area contributed by atoms with E-state index in [1.807, 2.05) is 0 Å². The predicted octanol–water partition coefficient (Wildman–Crippen LogP) is 2.60. The molecule has 3 aliphatic rings. The first-order chi connectivity index (χ1) is 7.29. The summed E-state index contributed by atoms with van der Waals surface area (Å²) in [6.45, 7) is 3.45. The number of esters is 1. The van der Waals surface area contributed by atoms with Crippen LogP contribution in [-0.4, -0.2) is 12.1 Å². The molecule has 15 heavy (non-hydrogen) atoms. The second-order valence-corrected chi connectivity index (χ2v) is 4.86. The third-order valence-corrected chi connectivity index (χ3v) is 4.18. The number of hydrogen-bond donors (Lipinski definition) is 0. The van der Waals surface area contributed by atoms with Gasteiger partial charge in [-0.15, -0.1) is 0 Å². The van der Waals surface area contributed by atoms with Crippen LogP contribution in [0.15, 0.2) is 23.8 Å². The third-order valence-electron chi connectivity index (χ3n) is 4.18. The molecule has 3 rings (SSSR count). The van der Waals surface area contributed by atoms with Crippen LogP contribution in [-0.2, 0) is 9.53 Å². The van der Waals surface area contributed by atoms with E-state index < -0.39 is 0 Å². The average molecular weight is 204 g/mol. The van der Waals surface area contributed by atoms with Gasteiger partial charge in [-0.3, -0.25) is 0 Å². The largest absolute Gasteiger partial charge is 0.455 e. The number of ether oxygens (including phenoxy) is 1. The van der Waals surface area contributed by atoms with Crippen molar-refractivity contribution >= 4 is 5.97 Å². The minimum Gasteiger partial charge on any atom is -0.455 e. The van der Waals surface area contributed by atoms with Gasteiger partial charge in [0.15, 0.2) is 0 Å². The first kappa shape index (κ1) is 9.20. The zero-order valence-electron chi connectivity index (χ0n) is 8.87. The molecule has 80 valence electrons. The van der Waals surface area contributed by atoms with Crippen LogP contribution in [0.25, 0.3) is 0 Å². The van der Waals surface area contributed by atoms with E-state index in [1.165, 1.54) is 30.9 Å². The Morgan fingerprint density at radius 2 is 2.13 bits per heavy atom. The third kappa shape index (κ3) is 1.27. The molecule has 0 aromatic carbocycles. The summed E-state index contributed by atoms with van der Waals surface area (Å²) in [6.07, 6.45) is 7.53. The molecular weight excluding hydrogens is 188 g/mol. The van der Waals surface area contributed by atoms with Gasteiger partial charge in [-0.25, -0.2) is 4.79 Å². The Morgan fingerprint density at radius 1 is 1.33 bits per heavy atom. The molecule has 1 fully saturated rings. The predicted molar refractivity (Wildman–Crippen MR) is 57.2 cm³/mol. The van der Waals surface area contributed by atoms with E-state index in [2.05, 4.69) is 6.58 Å². The van der Waals surface area contributed by atoms with Gasteiger partial charge in [-0.05, 0) is 49.5 Å². The smallest absolute Gasteiger partial charge is 0.330 e. The van der Waals surface area contributed by atoms with Gasteiger partial charge in [0.2, 0.25) is 0 Å². The minimum absolute atomic E-state index is 0.0841. The molecule has 0 radical (unpaired) electrons. The highest BCUT2D eigenvalue weighted by molar-refractivity contribution is 5.81. The van der Waals surface area contributed by atoms with Gasteiger partial charge < -0.3 is 4.74 Å². The number of carbonyl (C=O) groups is 1. The van der Waals surface area contributed by atoms with Crippen molar-refractivity contribution in [2.24, 2.45) is 11.8 Å². The van der Waals surface area contributed by atoms with Gasteiger partial charge in [0.05, 0.1) is 0 Å². The molecule has 1 saturated carbocycles. The molecule has 0 saturated heterocycles. The Hall–Kier alpha value is -1.05. The maximum absolute atomic E-state index is 11.2. The standard InChI is InChI=1S/C13H16O2/c1-2-12(14)15-11-6-5-10-8-3-4-9(7-8)13(10)11/h2,8-9,11H,1,3-7H2. The number of fused-ring (bicyclic) bond motifs is 4. The molecule has 0 aromatic rings. The quantitative estimate of drug-likeness (QED) is 0.392. The lowest BCUT2D eigenvalue weighted by Crippen LogP contribution is -2.19. The Labute approximate surface area is 90.0 Å². The van der Waals surface area contributed by atoms with Crippen molar-refractivity contribution in [2.75, 3.05) is 0 Å². The van der Waals surface area contributed by atoms with Crippen LogP contribution >= 0.6 is 0 Å². The SMILES string of the molecule is C=CC(=O)OC1CCC2=C1C1CCC2C1. The van der Waals surface area contributed by atoms with Crippen molar-refractivity contribution in [1.82, 2.24) is 0 Å². The number of carbonyl (C=O) groups excluding carboxylic acids is 1. The molecule has 2 nitrogen and oxygen atoms in total. The summed E-state index contributed by atoms with van der Waals surface area (Å²) in [4.78, 5) is 11.2. The van der Waals surface area contributed by atoms with Crippen LogP contribution in [0, 0.1) is 11.8 Å².